The van der Waals surface area contributed by atoms with Gasteiger partial charge >= 0.3 is 5.97 Å². The molecule has 0 aliphatic carbocycles. The molecule has 3 rings (SSSR count). The van der Waals surface area contributed by atoms with Crippen molar-refractivity contribution < 1.29 is 18.7 Å². The summed E-state index contributed by atoms with van der Waals surface area (Å²) in [6.45, 7) is 5.37. The maximum Gasteiger partial charge on any atom is 0.328 e. The molecule has 0 saturated heterocycles. The van der Waals surface area contributed by atoms with E-state index in [9.17, 15) is 9.18 Å². The lowest BCUT2D eigenvalue weighted by Gasteiger charge is -2.27. The number of esters is 1. The zero-order valence-electron chi connectivity index (χ0n) is 16.8. The van der Waals surface area contributed by atoms with E-state index in [-0.39, 0.29) is 11.9 Å². The van der Waals surface area contributed by atoms with E-state index >= 15 is 0 Å². The lowest BCUT2D eigenvalue weighted by molar-refractivity contribution is -0.158. The van der Waals surface area contributed by atoms with Crippen molar-refractivity contribution in [3.8, 4) is 5.75 Å². The average molecular weight is 399 g/mol. The minimum absolute atomic E-state index is 0.267. The van der Waals surface area contributed by atoms with E-state index in [0.29, 0.717) is 41.2 Å². The van der Waals surface area contributed by atoms with Gasteiger partial charge < -0.3 is 20.9 Å². The lowest BCUT2D eigenvalue weighted by atomic mass is 9.98. The van der Waals surface area contributed by atoms with Crippen molar-refractivity contribution in [2.45, 2.75) is 51.4 Å². The summed E-state index contributed by atoms with van der Waals surface area (Å²) < 4.78 is 25.1. The van der Waals surface area contributed by atoms with Gasteiger partial charge in [-0.15, -0.1) is 0 Å². The van der Waals surface area contributed by atoms with Crippen LogP contribution in [0.5, 0.6) is 5.75 Å². The molecule has 0 aromatic heterocycles. The molecule has 2 aromatic rings. The van der Waals surface area contributed by atoms with Crippen LogP contribution in [0.15, 0.2) is 47.5 Å². The van der Waals surface area contributed by atoms with E-state index in [0.717, 1.165) is 0 Å². The summed E-state index contributed by atoms with van der Waals surface area (Å²) in [5, 5.41) is 0. The summed E-state index contributed by atoms with van der Waals surface area (Å²) >= 11 is 0. The number of rotatable bonds is 6. The maximum atomic E-state index is 13.8. The number of hydrogen-bond acceptors (Lipinski definition) is 6. The highest BCUT2D eigenvalue weighted by atomic mass is 19.1. The van der Waals surface area contributed by atoms with Crippen LogP contribution in [0.4, 0.5) is 10.1 Å². The van der Waals surface area contributed by atoms with E-state index < -0.39 is 17.6 Å². The van der Waals surface area contributed by atoms with Gasteiger partial charge in [0.2, 0.25) is 0 Å². The molecular weight excluding hydrogens is 373 g/mol. The van der Waals surface area contributed by atoms with Gasteiger partial charge in [-0.3, -0.25) is 0 Å². The summed E-state index contributed by atoms with van der Waals surface area (Å²) in [6, 6.07) is 10.7. The van der Waals surface area contributed by atoms with Gasteiger partial charge in [0, 0.05) is 0 Å². The zero-order valence-corrected chi connectivity index (χ0v) is 16.8. The van der Waals surface area contributed by atoms with Crippen LogP contribution in [-0.2, 0) is 16.0 Å². The fraction of sp³-hybridized carbons (Fsp3) is 0.364. The van der Waals surface area contributed by atoms with Crippen LogP contribution in [0.1, 0.15) is 44.4 Å². The molecule has 154 valence electrons. The Bertz CT molecular complexity index is 943. The normalized spacial score (nSPS) is 17.0. The number of amidine groups is 1. The molecule has 2 atom stereocenters. The Kier molecular flexibility index (Phi) is 5.88. The molecule has 0 bridgehead atoms. The average Bonchev–Trinajstić information content (AvgIpc) is 2.67. The molecule has 1 heterocycles. The number of benzene rings is 2. The summed E-state index contributed by atoms with van der Waals surface area (Å²) in [6.07, 6.45) is 0.607. The lowest BCUT2D eigenvalue weighted by Crippen LogP contribution is -2.34. The molecule has 0 amide bonds. The van der Waals surface area contributed by atoms with Crippen LogP contribution in [0.2, 0.25) is 0 Å². The fourth-order valence-electron chi connectivity index (χ4n) is 3.06. The minimum atomic E-state index is -0.983. The third kappa shape index (κ3) is 4.92. The van der Waals surface area contributed by atoms with Crippen LogP contribution in [0.3, 0.4) is 0 Å². The topological polar surface area (TPSA) is 99.9 Å². The standard InChI is InChI=1S/C22H26FN3O3/c1-13-20(25)26-17-12-15(8-9-18(17)28-13)19(24)21(27)29-22(2,3)11-10-14-6-4-5-7-16(14)23/h4-9,12-13,19H,10-11,24H2,1-3H3,(H2,25,26). The monoisotopic (exact) mass is 399 g/mol. The molecule has 29 heavy (non-hydrogen) atoms. The summed E-state index contributed by atoms with van der Waals surface area (Å²) in [4.78, 5) is 16.9. The number of halogens is 1. The highest BCUT2D eigenvalue weighted by molar-refractivity contribution is 5.90. The number of nitrogens with zero attached hydrogens (tertiary/aromatic N) is 1. The van der Waals surface area contributed by atoms with Crippen LogP contribution >= 0.6 is 0 Å². The predicted molar refractivity (Wildman–Crippen MR) is 110 cm³/mol. The molecule has 7 heteroatoms. The Morgan fingerprint density at radius 2 is 2.03 bits per heavy atom. The van der Waals surface area contributed by atoms with E-state index in [4.69, 9.17) is 20.9 Å². The number of carbonyl (C=O) groups excluding carboxylic acids is 1. The molecule has 0 fully saturated rings. The first kappa shape index (κ1) is 20.8. The van der Waals surface area contributed by atoms with Crippen LogP contribution in [0, 0.1) is 5.82 Å². The molecule has 2 aromatic carbocycles. The Balaban J connectivity index is 1.66. The largest absolute Gasteiger partial charge is 0.481 e. The molecule has 0 radical (unpaired) electrons. The van der Waals surface area contributed by atoms with Crippen molar-refractivity contribution in [1.82, 2.24) is 0 Å². The quantitative estimate of drug-likeness (QED) is 0.724. The summed E-state index contributed by atoms with van der Waals surface area (Å²) in [7, 11) is 0. The maximum absolute atomic E-state index is 13.8. The SMILES string of the molecule is CC1Oc2ccc(C(N)C(=O)OC(C)(C)CCc3ccccc3F)cc2N=C1N. The van der Waals surface area contributed by atoms with E-state index in [1.54, 1.807) is 50.2 Å². The Morgan fingerprint density at radius 3 is 2.76 bits per heavy atom. The molecule has 4 N–H and O–H groups in total. The number of aliphatic imine (C=N–C) groups is 1. The number of aryl methyl sites for hydroxylation is 1. The molecular formula is C22H26FN3O3. The van der Waals surface area contributed by atoms with E-state index in [1.165, 1.54) is 6.07 Å². The van der Waals surface area contributed by atoms with E-state index in [2.05, 4.69) is 4.99 Å². The second kappa shape index (κ2) is 8.21. The third-order valence-electron chi connectivity index (χ3n) is 4.90. The van der Waals surface area contributed by atoms with Crippen molar-refractivity contribution in [3.63, 3.8) is 0 Å². The molecule has 0 spiro atoms. The van der Waals surface area contributed by atoms with Crippen LogP contribution in [0.25, 0.3) is 0 Å². The van der Waals surface area contributed by atoms with Crippen molar-refractivity contribution >= 4 is 17.5 Å². The first-order chi connectivity index (χ1) is 13.7. The second-order valence-electron chi connectivity index (χ2n) is 7.77. The van der Waals surface area contributed by atoms with E-state index in [1.807, 2.05) is 6.92 Å². The van der Waals surface area contributed by atoms with Gasteiger partial charge in [-0.05, 0) is 62.9 Å². The van der Waals surface area contributed by atoms with Crippen LogP contribution < -0.4 is 16.2 Å². The Labute approximate surface area is 169 Å². The van der Waals surface area contributed by atoms with Gasteiger partial charge in [-0.25, -0.2) is 14.2 Å². The van der Waals surface area contributed by atoms with Crippen molar-refractivity contribution in [3.05, 3.63) is 59.4 Å². The smallest absolute Gasteiger partial charge is 0.328 e. The van der Waals surface area contributed by atoms with Gasteiger partial charge in [0.1, 0.15) is 34.7 Å². The number of hydrogen-bond donors (Lipinski definition) is 2. The molecule has 1 aliphatic heterocycles. The number of ether oxygens (including phenoxy) is 2. The highest BCUT2D eigenvalue weighted by Crippen LogP contribution is 2.34. The van der Waals surface area contributed by atoms with Gasteiger partial charge in [0.25, 0.3) is 0 Å². The van der Waals surface area contributed by atoms with Crippen molar-refractivity contribution in [2.24, 2.45) is 16.5 Å². The number of carbonyl (C=O) groups is 1. The first-order valence-electron chi connectivity index (χ1n) is 9.53. The summed E-state index contributed by atoms with van der Waals surface area (Å²) in [5.41, 5.74) is 12.8. The zero-order chi connectivity index (χ0) is 21.2. The fourth-order valence-corrected chi connectivity index (χ4v) is 3.06. The van der Waals surface area contributed by atoms with Gasteiger partial charge in [-0.2, -0.15) is 0 Å². The van der Waals surface area contributed by atoms with Gasteiger partial charge in [0.15, 0.2) is 6.10 Å². The first-order valence-corrected chi connectivity index (χ1v) is 9.53. The van der Waals surface area contributed by atoms with Gasteiger partial charge in [0.05, 0.1) is 0 Å². The van der Waals surface area contributed by atoms with Crippen molar-refractivity contribution in [2.75, 3.05) is 0 Å². The molecule has 6 nitrogen and oxygen atoms in total. The molecule has 0 saturated carbocycles. The Morgan fingerprint density at radius 1 is 1.31 bits per heavy atom. The highest BCUT2D eigenvalue weighted by Gasteiger charge is 2.28. The second-order valence-corrected chi connectivity index (χ2v) is 7.77. The van der Waals surface area contributed by atoms with Gasteiger partial charge in [-0.1, -0.05) is 24.3 Å². The van der Waals surface area contributed by atoms with Crippen molar-refractivity contribution in [1.29, 1.82) is 0 Å². The Hall–Kier alpha value is -2.93. The summed E-state index contributed by atoms with van der Waals surface area (Å²) in [5.74, 6) is 0.114. The molecule has 2 unspecified atom stereocenters. The number of fused-ring (bicyclic) bond motifs is 1. The van der Waals surface area contributed by atoms with Crippen LogP contribution in [-0.4, -0.2) is 23.5 Å². The minimum Gasteiger partial charge on any atom is -0.481 e. The number of nitrogens with two attached hydrogens (primary N) is 2. The molecule has 1 aliphatic rings. The third-order valence-corrected chi connectivity index (χ3v) is 4.90. The predicted octanol–water partition coefficient (Wildman–Crippen LogP) is 3.55.